The van der Waals surface area contributed by atoms with Gasteiger partial charge in [-0.05, 0) is 32.8 Å². The van der Waals surface area contributed by atoms with Gasteiger partial charge in [0.15, 0.2) is 11.5 Å². The quantitative estimate of drug-likeness (QED) is 0.470. The number of alkyl halides is 2. The number of carbonyl (C=O) groups excluding carboxylic acids is 1. The summed E-state index contributed by atoms with van der Waals surface area (Å²) in [6.07, 6.45) is -1.54. The highest BCUT2D eigenvalue weighted by atomic mass is 19.3. The Kier molecular flexibility index (Phi) is 6.57. The van der Waals surface area contributed by atoms with Gasteiger partial charge in [-0.2, -0.15) is 0 Å². The Bertz CT molecular complexity index is 1350. The van der Waals surface area contributed by atoms with Gasteiger partial charge in [-0.3, -0.25) is 4.90 Å². The number of hydrogen-bond acceptors (Lipinski definition) is 7. The number of rotatable bonds is 6. The Labute approximate surface area is 212 Å². The minimum absolute atomic E-state index is 0.0795. The van der Waals surface area contributed by atoms with E-state index in [1.54, 1.807) is 30.9 Å². The third-order valence-electron chi connectivity index (χ3n) is 6.99. The zero-order valence-corrected chi connectivity index (χ0v) is 20.8. The zero-order chi connectivity index (χ0) is 26.3. The van der Waals surface area contributed by atoms with Crippen LogP contribution in [0, 0.1) is 12.7 Å². The van der Waals surface area contributed by atoms with E-state index in [0.717, 1.165) is 25.5 Å². The molecule has 8 nitrogen and oxygen atoms in total. The van der Waals surface area contributed by atoms with Gasteiger partial charge in [0.1, 0.15) is 17.5 Å². The number of fused-ring (bicyclic) bond motifs is 1. The van der Waals surface area contributed by atoms with Crippen molar-refractivity contribution in [1.29, 1.82) is 0 Å². The lowest BCUT2D eigenvalue weighted by Crippen LogP contribution is -2.56. The van der Waals surface area contributed by atoms with Gasteiger partial charge in [0.05, 0.1) is 29.8 Å². The van der Waals surface area contributed by atoms with Gasteiger partial charge in [0.25, 0.3) is 6.43 Å². The first-order valence-electron chi connectivity index (χ1n) is 12.1. The number of nitrogens with one attached hydrogen (secondary N) is 2. The molecule has 5 rings (SSSR count). The Morgan fingerprint density at radius 3 is 2.65 bits per heavy atom. The van der Waals surface area contributed by atoms with Gasteiger partial charge in [0, 0.05) is 36.7 Å². The van der Waals surface area contributed by atoms with Crippen molar-refractivity contribution in [2.75, 3.05) is 32.1 Å². The number of amides is 1. The van der Waals surface area contributed by atoms with E-state index in [2.05, 4.69) is 20.6 Å². The van der Waals surface area contributed by atoms with Crippen LogP contribution in [0.2, 0.25) is 0 Å². The van der Waals surface area contributed by atoms with E-state index >= 15 is 0 Å². The minimum atomic E-state index is -2.93. The molecule has 0 radical (unpaired) electrons. The number of benzene rings is 2. The molecule has 0 bridgehead atoms. The molecule has 2 fully saturated rings. The van der Waals surface area contributed by atoms with Crippen LogP contribution in [0.1, 0.15) is 49.2 Å². The second kappa shape index (κ2) is 9.70. The second-order valence-corrected chi connectivity index (χ2v) is 9.48. The van der Waals surface area contributed by atoms with E-state index in [4.69, 9.17) is 9.47 Å². The van der Waals surface area contributed by atoms with Crippen LogP contribution in [0.15, 0.2) is 30.3 Å². The number of piperazine rings is 1. The molecule has 2 aromatic carbocycles. The lowest BCUT2D eigenvalue weighted by Gasteiger charge is -2.35. The number of halogens is 3. The summed E-state index contributed by atoms with van der Waals surface area (Å²) >= 11 is 0. The molecule has 196 valence electrons. The van der Waals surface area contributed by atoms with Crippen LogP contribution in [0.3, 0.4) is 0 Å². The zero-order valence-electron chi connectivity index (χ0n) is 20.8. The molecule has 3 aromatic rings. The molecule has 2 heterocycles. The second-order valence-electron chi connectivity index (χ2n) is 9.48. The van der Waals surface area contributed by atoms with Crippen LogP contribution >= 0.6 is 0 Å². The smallest absolute Gasteiger partial charge is 0.415 e. The maximum atomic E-state index is 14.8. The molecule has 1 aliphatic carbocycles. The molecule has 0 unspecified atom stereocenters. The lowest BCUT2D eigenvalue weighted by atomic mass is 10.0. The third kappa shape index (κ3) is 4.75. The Balaban J connectivity index is 1.48. The van der Waals surface area contributed by atoms with Crippen LogP contribution in [-0.4, -0.2) is 53.2 Å². The number of ether oxygens (including phenoxy) is 2. The predicted molar refractivity (Wildman–Crippen MR) is 132 cm³/mol. The summed E-state index contributed by atoms with van der Waals surface area (Å²) in [5.41, 5.74) is -0.258. The fourth-order valence-electron chi connectivity index (χ4n) is 4.83. The van der Waals surface area contributed by atoms with Crippen LogP contribution in [0.5, 0.6) is 11.5 Å². The maximum absolute atomic E-state index is 14.8. The van der Waals surface area contributed by atoms with E-state index < -0.39 is 29.9 Å². The fraction of sp³-hybridized carbons (Fsp3) is 0.423. The highest BCUT2D eigenvalue weighted by Crippen LogP contribution is 2.43. The van der Waals surface area contributed by atoms with Crippen molar-refractivity contribution < 1.29 is 27.4 Å². The number of methoxy groups -OCH3 is 1. The Morgan fingerprint density at radius 2 is 1.95 bits per heavy atom. The van der Waals surface area contributed by atoms with E-state index in [1.165, 1.54) is 19.2 Å². The molecule has 2 aliphatic rings. The summed E-state index contributed by atoms with van der Waals surface area (Å²) in [6, 6.07) is 6.47. The number of nitrogens with zero attached hydrogens (tertiary/aromatic N) is 3. The summed E-state index contributed by atoms with van der Waals surface area (Å²) in [6.45, 7) is 5.33. The van der Waals surface area contributed by atoms with Crippen molar-refractivity contribution in [2.24, 2.45) is 0 Å². The highest BCUT2D eigenvalue weighted by Gasteiger charge is 2.52. The number of aryl methyl sites for hydroxylation is 1. The largest absolute Gasteiger partial charge is 0.493 e. The van der Waals surface area contributed by atoms with Crippen molar-refractivity contribution in [2.45, 2.75) is 44.7 Å². The van der Waals surface area contributed by atoms with Crippen molar-refractivity contribution in [3.8, 4) is 11.5 Å². The number of hydrogen-bond donors (Lipinski definition) is 2. The van der Waals surface area contributed by atoms with E-state index in [-0.39, 0.29) is 16.9 Å². The topological polar surface area (TPSA) is 88.6 Å². The molecule has 1 saturated heterocycles. The average Bonchev–Trinajstić information content (AvgIpc) is 3.63. The molecule has 11 heteroatoms. The van der Waals surface area contributed by atoms with Gasteiger partial charge in [0.2, 0.25) is 0 Å². The normalized spacial score (nSPS) is 17.2. The summed E-state index contributed by atoms with van der Waals surface area (Å²) < 4.78 is 52.5. The molecule has 1 saturated carbocycles. The van der Waals surface area contributed by atoms with Gasteiger partial charge in [-0.25, -0.2) is 27.9 Å². The third-order valence-corrected chi connectivity index (χ3v) is 6.99. The van der Waals surface area contributed by atoms with E-state index in [0.29, 0.717) is 41.4 Å². The van der Waals surface area contributed by atoms with Crippen molar-refractivity contribution >= 4 is 22.8 Å². The number of anilines is 1. The standard InChI is InChI=1S/C26H28F3N5O3/c1-14(16-5-4-6-17(22(16)27)23(28)29)31-24-18-11-21(20(36-3)12-19(18)32-15(2)33-24)37-25(35)34-10-9-30-13-26(34)7-8-26/h4-6,11-12,14,23,30H,7-10,13H2,1-3H3,(H,31,32,33)/t14-/m1/s1. The van der Waals surface area contributed by atoms with Gasteiger partial charge in [-0.15, -0.1) is 0 Å². The molecule has 2 N–H and O–H groups in total. The average molecular weight is 516 g/mol. The lowest BCUT2D eigenvalue weighted by molar-refractivity contribution is 0.109. The van der Waals surface area contributed by atoms with Crippen LogP contribution in [0.4, 0.5) is 23.8 Å². The van der Waals surface area contributed by atoms with Crippen LogP contribution in [-0.2, 0) is 0 Å². The van der Waals surface area contributed by atoms with Crippen molar-refractivity contribution in [3.63, 3.8) is 0 Å². The first kappa shape index (κ1) is 25.1. The molecular weight excluding hydrogens is 487 g/mol. The fourth-order valence-corrected chi connectivity index (χ4v) is 4.83. The Morgan fingerprint density at radius 1 is 1.19 bits per heavy atom. The van der Waals surface area contributed by atoms with Gasteiger partial charge in [-0.1, -0.05) is 18.2 Å². The minimum Gasteiger partial charge on any atom is -0.493 e. The van der Waals surface area contributed by atoms with Gasteiger partial charge < -0.3 is 20.1 Å². The van der Waals surface area contributed by atoms with Crippen LogP contribution < -0.4 is 20.1 Å². The molecule has 1 atom stereocenters. The summed E-state index contributed by atoms with van der Waals surface area (Å²) in [7, 11) is 1.47. The summed E-state index contributed by atoms with van der Waals surface area (Å²) in [5, 5.41) is 6.95. The predicted octanol–water partition coefficient (Wildman–Crippen LogP) is 5.13. The summed E-state index contributed by atoms with van der Waals surface area (Å²) in [5.74, 6) is 0.343. The molecular formula is C26H28F3N5O3. The number of aromatic nitrogens is 2. The monoisotopic (exact) mass is 515 g/mol. The molecule has 37 heavy (non-hydrogen) atoms. The Hall–Kier alpha value is -3.60. The van der Waals surface area contributed by atoms with E-state index in [9.17, 15) is 18.0 Å². The molecule has 1 amide bonds. The van der Waals surface area contributed by atoms with Crippen LogP contribution in [0.25, 0.3) is 10.9 Å². The molecule has 1 spiro atoms. The van der Waals surface area contributed by atoms with Crippen molar-refractivity contribution in [3.05, 3.63) is 53.1 Å². The highest BCUT2D eigenvalue weighted by molar-refractivity contribution is 5.92. The first-order valence-corrected chi connectivity index (χ1v) is 12.1. The molecule has 1 aromatic heterocycles. The van der Waals surface area contributed by atoms with Gasteiger partial charge >= 0.3 is 6.09 Å². The van der Waals surface area contributed by atoms with Crippen molar-refractivity contribution in [1.82, 2.24) is 20.2 Å². The maximum Gasteiger partial charge on any atom is 0.415 e. The first-order chi connectivity index (χ1) is 17.7. The number of carbonyl (C=O) groups is 1. The molecule has 1 aliphatic heterocycles. The summed E-state index contributed by atoms with van der Waals surface area (Å²) in [4.78, 5) is 23.8. The SMILES string of the molecule is COc1cc2nc(C)nc(N[C@H](C)c3cccc(C(F)F)c3F)c2cc1OC(=O)N1CCNCC12CC2. The van der Waals surface area contributed by atoms with E-state index in [1.807, 2.05) is 0 Å².